The van der Waals surface area contributed by atoms with Crippen LogP contribution < -0.4 is 0 Å². The molecular formula is C15H24O. The third kappa shape index (κ3) is 8.32. The predicted octanol–water partition coefficient (Wildman–Crippen LogP) is 3.84. The van der Waals surface area contributed by atoms with Gasteiger partial charge in [0.05, 0.1) is 0 Å². The van der Waals surface area contributed by atoms with Crippen molar-refractivity contribution < 1.29 is 5.11 Å². The smallest absolute Gasteiger partial charge is 0.122 e. The second kappa shape index (κ2) is 7.30. The number of rotatable bonds is 6. The van der Waals surface area contributed by atoms with Crippen molar-refractivity contribution in [2.45, 2.75) is 59.0 Å². The minimum atomic E-state index is -0.962. The lowest BCUT2D eigenvalue weighted by Gasteiger charge is -2.14. The monoisotopic (exact) mass is 222 g/mol. The molecule has 0 aliphatic carbocycles. The zero-order valence-corrected chi connectivity index (χ0v) is 11.0. The molecule has 1 nitrogen and oxygen atoms in total. The summed E-state index contributed by atoms with van der Waals surface area (Å²) in [5, 5.41) is 9.61. The van der Waals surface area contributed by atoms with Crippen molar-refractivity contribution in [3.63, 3.8) is 0 Å². The molecular weight excluding hydrogens is 198 g/mol. The molecule has 0 radical (unpaired) electrons. The average molecular weight is 222 g/mol. The van der Waals surface area contributed by atoms with Gasteiger partial charge in [0.2, 0.25) is 0 Å². The highest BCUT2D eigenvalue weighted by atomic mass is 16.3. The van der Waals surface area contributed by atoms with Crippen LogP contribution in [0.5, 0.6) is 0 Å². The predicted molar refractivity (Wildman–Crippen MR) is 71.1 cm³/mol. The Bertz CT molecular complexity index is 296. The van der Waals surface area contributed by atoms with Crippen molar-refractivity contribution in [3.8, 4) is 12.3 Å². The Kier molecular flexibility index (Phi) is 6.85. The standard InChI is InChI=1S/C15H24O/c1-6-15(5,16)12-8-11-14(4)10-7-9-13(2)3/h1,9,11,16H,7-8,10,12H2,2-5H3/b14-11+/i1+1,6+1. The van der Waals surface area contributed by atoms with E-state index >= 15 is 0 Å². The highest BCUT2D eigenvalue weighted by molar-refractivity contribution is 5.07. The second-order valence-electron chi connectivity index (χ2n) is 4.83. The lowest BCUT2D eigenvalue weighted by molar-refractivity contribution is 0.113. The number of terminal acetylenes is 1. The molecule has 90 valence electrons. The first kappa shape index (κ1) is 15.0. The molecule has 0 bridgehead atoms. The van der Waals surface area contributed by atoms with Crippen molar-refractivity contribution in [2.24, 2.45) is 0 Å². The van der Waals surface area contributed by atoms with E-state index in [1.807, 2.05) is 0 Å². The van der Waals surface area contributed by atoms with Gasteiger partial charge in [-0.25, -0.2) is 0 Å². The summed E-state index contributed by atoms with van der Waals surface area (Å²) >= 11 is 0. The Hall–Kier alpha value is -1.00. The summed E-state index contributed by atoms with van der Waals surface area (Å²) in [6.07, 6.45) is 13.3. The first-order chi connectivity index (χ1) is 7.37. The Balaban J connectivity index is 3.89. The van der Waals surface area contributed by atoms with E-state index in [-0.39, 0.29) is 0 Å². The number of aliphatic hydroxyl groups is 1. The maximum Gasteiger partial charge on any atom is 0.122 e. The summed E-state index contributed by atoms with van der Waals surface area (Å²) in [6, 6.07) is 0. The number of hydrogen-bond acceptors (Lipinski definition) is 1. The molecule has 1 unspecified atom stereocenters. The minimum Gasteiger partial charge on any atom is -0.378 e. The van der Waals surface area contributed by atoms with E-state index in [0.717, 1.165) is 19.3 Å². The molecule has 0 saturated heterocycles. The summed E-state index contributed by atoms with van der Waals surface area (Å²) in [4.78, 5) is 0. The lowest BCUT2D eigenvalue weighted by Crippen LogP contribution is -2.20. The number of hydrogen-bond donors (Lipinski definition) is 1. The van der Waals surface area contributed by atoms with Crippen LogP contribution in [0.3, 0.4) is 0 Å². The maximum atomic E-state index is 9.61. The summed E-state index contributed by atoms with van der Waals surface area (Å²) in [7, 11) is 0. The van der Waals surface area contributed by atoms with E-state index in [2.05, 4.69) is 38.8 Å². The molecule has 0 saturated carbocycles. The van der Waals surface area contributed by atoms with E-state index in [1.165, 1.54) is 11.1 Å². The van der Waals surface area contributed by atoms with Crippen molar-refractivity contribution in [2.75, 3.05) is 0 Å². The second-order valence-corrected chi connectivity index (χ2v) is 4.83. The van der Waals surface area contributed by atoms with Crippen LogP contribution in [0.15, 0.2) is 23.3 Å². The first-order valence-corrected chi connectivity index (χ1v) is 5.86. The summed E-state index contributed by atoms with van der Waals surface area (Å²) < 4.78 is 0. The zero-order valence-electron chi connectivity index (χ0n) is 11.0. The van der Waals surface area contributed by atoms with Crippen LogP contribution in [0.4, 0.5) is 0 Å². The molecule has 1 atom stereocenters. The topological polar surface area (TPSA) is 20.2 Å². The van der Waals surface area contributed by atoms with Crippen LogP contribution in [0, 0.1) is 12.3 Å². The highest BCUT2D eigenvalue weighted by Crippen LogP contribution is 2.14. The van der Waals surface area contributed by atoms with Crippen LogP contribution >= 0.6 is 0 Å². The van der Waals surface area contributed by atoms with Crippen LogP contribution in [-0.2, 0) is 0 Å². The molecule has 0 rings (SSSR count). The Labute approximate surface area is 100 Å². The van der Waals surface area contributed by atoms with Gasteiger partial charge in [-0.15, -0.1) is 6.42 Å². The van der Waals surface area contributed by atoms with Crippen molar-refractivity contribution >= 4 is 0 Å². The SMILES string of the molecule is CC(C)=CCC/C(C)=C/CCC(C)(O)[13C]#[13CH]. The van der Waals surface area contributed by atoms with Crippen LogP contribution in [0.2, 0.25) is 0 Å². The van der Waals surface area contributed by atoms with Crippen LogP contribution in [0.1, 0.15) is 53.4 Å². The Morgan fingerprint density at radius 3 is 2.38 bits per heavy atom. The van der Waals surface area contributed by atoms with Crippen LogP contribution in [-0.4, -0.2) is 10.7 Å². The molecule has 0 aromatic heterocycles. The fourth-order valence-electron chi connectivity index (χ4n) is 1.36. The van der Waals surface area contributed by atoms with Gasteiger partial charge in [0.15, 0.2) is 0 Å². The van der Waals surface area contributed by atoms with Gasteiger partial charge in [-0.05, 0) is 53.4 Å². The third-order valence-corrected chi connectivity index (χ3v) is 2.53. The summed E-state index contributed by atoms with van der Waals surface area (Å²) in [6.45, 7) is 8.04. The lowest BCUT2D eigenvalue weighted by atomic mass is 10.0. The number of allylic oxidation sites excluding steroid dienone is 4. The van der Waals surface area contributed by atoms with Gasteiger partial charge in [0.25, 0.3) is 0 Å². The molecule has 0 aliphatic rings. The maximum absolute atomic E-state index is 9.61. The highest BCUT2D eigenvalue weighted by Gasteiger charge is 2.14. The van der Waals surface area contributed by atoms with Crippen molar-refractivity contribution in [3.05, 3.63) is 23.3 Å². The molecule has 16 heavy (non-hydrogen) atoms. The molecule has 0 fully saturated rings. The van der Waals surface area contributed by atoms with Gasteiger partial charge in [0, 0.05) is 0 Å². The van der Waals surface area contributed by atoms with Crippen molar-refractivity contribution in [1.29, 1.82) is 0 Å². The minimum absolute atomic E-state index is 0.628. The molecule has 0 aliphatic heterocycles. The van der Waals surface area contributed by atoms with Gasteiger partial charge in [-0.3, -0.25) is 0 Å². The van der Waals surface area contributed by atoms with Gasteiger partial charge >= 0.3 is 0 Å². The first-order valence-electron chi connectivity index (χ1n) is 5.86. The fourth-order valence-corrected chi connectivity index (χ4v) is 1.36. The van der Waals surface area contributed by atoms with E-state index in [0.29, 0.717) is 6.42 Å². The van der Waals surface area contributed by atoms with E-state index in [1.54, 1.807) is 6.92 Å². The molecule has 0 amide bonds. The third-order valence-electron chi connectivity index (χ3n) is 2.53. The van der Waals surface area contributed by atoms with Gasteiger partial charge in [-0.2, -0.15) is 0 Å². The fraction of sp³-hybridized carbons (Fsp3) is 0.600. The molecule has 1 heteroatoms. The molecule has 0 spiro atoms. The van der Waals surface area contributed by atoms with E-state index < -0.39 is 5.60 Å². The average Bonchev–Trinajstić information content (AvgIpc) is 2.17. The van der Waals surface area contributed by atoms with Crippen LogP contribution in [0.25, 0.3) is 0 Å². The van der Waals surface area contributed by atoms with E-state index in [9.17, 15) is 5.11 Å². The Morgan fingerprint density at radius 2 is 1.88 bits per heavy atom. The van der Waals surface area contributed by atoms with Gasteiger partial charge < -0.3 is 5.11 Å². The largest absolute Gasteiger partial charge is 0.378 e. The quantitative estimate of drug-likeness (QED) is 0.411. The zero-order chi connectivity index (χ0) is 12.6. The summed E-state index contributed by atoms with van der Waals surface area (Å²) in [5.41, 5.74) is 1.77. The molecule has 0 aromatic carbocycles. The van der Waals surface area contributed by atoms with Crippen molar-refractivity contribution in [1.82, 2.24) is 0 Å². The Morgan fingerprint density at radius 1 is 1.25 bits per heavy atom. The normalized spacial score (nSPS) is 15.1. The molecule has 1 N–H and O–H groups in total. The molecule has 0 aromatic rings. The van der Waals surface area contributed by atoms with Gasteiger partial charge in [-0.1, -0.05) is 29.2 Å². The van der Waals surface area contributed by atoms with Gasteiger partial charge in [0.1, 0.15) is 5.60 Å². The van der Waals surface area contributed by atoms with E-state index in [4.69, 9.17) is 6.42 Å². The molecule has 0 heterocycles. The summed E-state index contributed by atoms with van der Waals surface area (Å²) in [5.74, 6) is 2.39.